The maximum Gasteiger partial charge on any atom is 0.249 e. The van der Waals surface area contributed by atoms with Gasteiger partial charge in [-0.2, -0.15) is 0 Å². The van der Waals surface area contributed by atoms with Gasteiger partial charge in [0.1, 0.15) is 11.9 Å². The molecule has 0 saturated carbocycles. The molecular weight excluding hydrogens is 230 g/mol. The molecule has 2 atom stereocenters. The lowest BCUT2D eigenvalue weighted by Gasteiger charge is -2.26. The summed E-state index contributed by atoms with van der Waals surface area (Å²) in [5.41, 5.74) is 0. The maximum absolute atomic E-state index is 12.0. The molecule has 1 aliphatic rings. The van der Waals surface area contributed by atoms with Crippen LogP contribution in [-0.2, 0) is 22.5 Å². The third kappa shape index (κ3) is 2.90. The largest absolute Gasteiger partial charge is 0.369 e. The highest BCUT2D eigenvalue weighted by Gasteiger charge is 2.23. The maximum atomic E-state index is 12.0. The van der Waals surface area contributed by atoms with Crippen LogP contribution in [0.25, 0.3) is 0 Å². The number of hydrogen-bond donors (Lipinski definition) is 1. The van der Waals surface area contributed by atoms with Crippen molar-refractivity contribution in [3.8, 4) is 0 Å². The number of nitrogens with zero attached hydrogens (tertiary/aromatic N) is 2. The van der Waals surface area contributed by atoms with E-state index in [9.17, 15) is 4.79 Å². The van der Waals surface area contributed by atoms with Crippen LogP contribution < -0.4 is 5.32 Å². The van der Waals surface area contributed by atoms with E-state index < -0.39 is 0 Å². The molecule has 2 rings (SSSR count). The van der Waals surface area contributed by atoms with E-state index in [1.165, 1.54) is 0 Å². The summed E-state index contributed by atoms with van der Waals surface area (Å²) in [4.78, 5) is 16.3. The monoisotopic (exact) mass is 251 g/mol. The summed E-state index contributed by atoms with van der Waals surface area (Å²) >= 11 is 0. The van der Waals surface area contributed by atoms with Gasteiger partial charge in [0.05, 0.1) is 0 Å². The summed E-state index contributed by atoms with van der Waals surface area (Å²) in [6.07, 6.45) is 6.04. The lowest BCUT2D eigenvalue weighted by atomic mass is 10.1. The van der Waals surface area contributed by atoms with E-state index in [-0.39, 0.29) is 18.1 Å². The Labute approximate surface area is 108 Å². The molecule has 2 heterocycles. The number of imidazole rings is 1. The Bertz CT molecular complexity index is 403. The highest BCUT2D eigenvalue weighted by Crippen LogP contribution is 2.13. The van der Waals surface area contributed by atoms with Crippen molar-refractivity contribution in [1.29, 1.82) is 0 Å². The van der Waals surface area contributed by atoms with E-state index in [1.54, 1.807) is 0 Å². The molecule has 0 bridgehead atoms. The van der Waals surface area contributed by atoms with Crippen LogP contribution in [-0.4, -0.2) is 34.2 Å². The second-order valence-corrected chi connectivity index (χ2v) is 4.59. The first-order valence-corrected chi connectivity index (χ1v) is 6.66. The number of fused-ring (bicyclic) bond motifs is 1. The fourth-order valence-corrected chi connectivity index (χ4v) is 2.36. The van der Waals surface area contributed by atoms with Crippen molar-refractivity contribution < 1.29 is 9.53 Å². The number of aryl methyl sites for hydroxylation is 1. The number of hydrogen-bond acceptors (Lipinski definition) is 3. The molecule has 100 valence electrons. The summed E-state index contributed by atoms with van der Waals surface area (Å²) in [6, 6.07) is 0.189. The average Bonchev–Trinajstić information content (AvgIpc) is 2.83. The van der Waals surface area contributed by atoms with Crippen LogP contribution in [0.4, 0.5) is 0 Å². The first-order valence-electron chi connectivity index (χ1n) is 6.66. The van der Waals surface area contributed by atoms with E-state index in [0.29, 0.717) is 13.0 Å². The van der Waals surface area contributed by atoms with E-state index in [2.05, 4.69) is 14.9 Å². The Hall–Kier alpha value is -1.36. The number of carbonyl (C=O) groups excluding carboxylic acids is 1. The molecule has 0 radical (unpaired) electrons. The van der Waals surface area contributed by atoms with Gasteiger partial charge >= 0.3 is 0 Å². The van der Waals surface area contributed by atoms with Crippen molar-refractivity contribution in [3.05, 3.63) is 18.2 Å². The summed E-state index contributed by atoms with van der Waals surface area (Å²) in [6.45, 7) is 5.26. The second-order valence-electron chi connectivity index (χ2n) is 4.59. The van der Waals surface area contributed by atoms with Gasteiger partial charge in [-0.3, -0.25) is 4.79 Å². The zero-order valence-electron chi connectivity index (χ0n) is 11.1. The van der Waals surface area contributed by atoms with Gasteiger partial charge in [0.2, 0.25) is 5.91 Å². The second kappa shape index (κ2) is 6.00. The lowest BCUT2D eigenvalue weighted by Crippen LogP contribution is -2.45. The van der Waals surface area contributed by atoms with Crippen molar-refractivity contribution in [2.45, 2.75) is 51.8 Å². The smallest absolute Gasteiger partial charge is 0.249 e. The SMILES string of the molecule is CCOC(CC)C(=O)NC1CCc2nccn2C1. The van der Waals surface area contributed by atoms with Crippen LogP contribution in [0.5, 0.6) is 0 Å². The summed E-state index contributed by atoms with van der Waals surface area (Å²) in [5.74, 6) is 1.12. The van der Waals surface area contributed by atoms with E-state index in [4.69, 9.17) is 4.74 Å². The van der Waals surface area contributed by atoms with E-state index >= 15 is 0 Å². The van der Waals surface area contributed by atoms with Crippen LogP contribution in [0, 0.1) is 0 Å². The van der Waals surface area contributed by atoms with Crippen LogP contribution in [0.15, 0.2) is 12.4 Å². The number of carbonyl (C=O) groups is 1. The first-order chi connectivity index (χ1) is 8.74. The highest BCUT2D eigenvalue weighted by atomic mass is 16.5. The molecule has 0 aromatic carbocycles. The number of nitrogens with one attached hydrogen (secondary N) is 1. The van der Waals surface area contributed by atoms with Crippen LogP contribution in [0.2, 0.25) is 0 Å². The molecule has 0 saturated heterocycles. The van der Waals surface area contributed by atoms with Crippen LogP contribution in [0.3, 0.4) is 0 Å². The fourth-order valence-electron chi connectivity index (χ4n) is 2.36. The Kier molecular flexibility index (Phi) is 4.36. The number of amides is 1. The standard InChI is InChI=1S/C13H21N3O2/c1-3-11(18-4-2)13(17)15-10-5-6-12-14-7-8-16(12)9-10/h7-8,10-11H,3-6,9H2,1-2H3,(H,15,17). The molecule has 1 aliphatic heterocycles. The molecule has 5 nitrogen and oxygen atoms in total. The van der Waals surface area contributed by atoms with Crippen molar-refractivity contribution in [2.24, 2.45) is 0 Å². The average molecular weight is 251 g/mol. The van der Waals surface area contributed by atoms with Gasteiger partial charge in [-0.25, -0.2) is 4.98 Å². The van der Waals surface area contributed by atoms with E-state index in [1.807, 2.05) is 26.2 Å². The fraction of sp³-hybridized carbons (Fsp3) is 0.692. The van der Waals surface area contributed by atoms with Crippen molar-refractivity contribution in [2.75, 3.05) is 6.61 Å². The van der Waals surface area contributed by atoms with Crippen molar-refractivity contribution in [1.82, 2.24) is 14.9 Å². The molecule has 2 unspecified atom stereocenters. The van der Waals surface area contributed by atoms with Crippen LogP contribution in [0.1, 0.15) is 32.5 Å². The van der Waals surface area contributed by atoms with Gasteiger partial charge in [0.15, 0.2) is 0 Å². The predicted molar refractivity (Wildman–Crippen MR) is 68.2 cm³/mol. The predicted octanol–water partition coefficient (Wildman–Crippen LogP) is 1.13. The molecule has 1 amide bonds. The molecule has 0 fully saturated rings. The Balaban J connectivity index is 1.89. The number of ether oxygens (including phenoxy) is 1. The molecule has 1 aromatic heterocycles. The highest BCUT2D eigenvalue weighted by molar-refractivity contribution is 5.81. The lowest BCUT2D eigenvalue weighted by molar-refractivity contribution is -0.133. The minimum atomic E-state index is -0.320. The summed E-state index contributed by atoms with van der Waals surface area (Å²) < 4.78 is 7.52. The molecule has 18 heavy (non-hydrogen) atoms. The van der Waals surface area contributed by atoms with Gasteiger partial charge in [-0.15, -0.1) is 0 Å². The number of aromatic nitrogens is 2. The van der Waals surface area contributed by atoms with Gasteiger partial charge in [0, 0.05) is 38.0 Å². The zero-order valence-corrected chi connectivity index (χ0v) is 11.1. The topological polar surface area (TPSA) is 56.1 Å². The number of rotatable bonds is 5. The summed E-state index contributed by atoms with van der Waals surface area (Å²) in [5, 5.41) is 3.07. The molecule has 1 N–H and O–H groups in total. The van der Waals surface area contributed by atoms with Gasteiger partial charge in [0.25, 0.3) is 0 Å². The Morgan fingerprint density at radius 3 is 3.22 bits per heavy atom. The van der Waals surface area contributed by atoms with E-state index in [0.717, 1.165) is 25.2 Å². The molecule has 5 heteroatoms. The summed E-state index contributed by atoms with van der Waals surface area (Å²) in [7, 11) is 0. The van der Waals surface area contributed by atoms with Crippen molar-refractivity contribution in [3.63, 3.8) is 0 Å². The minimum absolute atomic E-state index is 0.00733. The third-order valence-corrected chi connectivity index (χ3v) is 3.31. The Morgan fingerprint density at radius 2 is 2.50 bits per heavy atom. The van der Waals surface area contributed by atoms with Gasteiger partial charge in [-0.05, 0) is 19.8 Å². The first kappa shape index (κ1) is 13.1. The quantitative estimate of drug-likeness (QED) is 0.853. The third-order valence-electron chi connectivity index (χ3n) is 3.31. The molecule has 1 aromatic rings. The zero-order chi connectivity index (χ0) is 13.0. The van der Waals surface area contributed by atoms with Gasteiger partial charge in [-0.1, -0.05) is 6.92 Å². The molecule has 0 aliphatic carbocycles. The molecular formula is C13H21N3O2. The Morgan fingerprint density at radius 1 is 1.67 bits per heavy atom. The van der Waals surface area contributed by atoms with Gasteiger partial charge < -0.3 is 14.6 Å². The molecule has 0 spiro atoms. The van der Waals surface area contributed by atoms with Crippen molar-refractivity contribution >= 4 is 5.91 Å². The normalized spacial score (nSPS) is 20.2. The minimum Gasteiger partial charge on any atom is -0.369 e. The van der Waals surface area contributed by atoms with Crippen LogP contribution >= 0.6 is 0 Å².